The van der Waals surface area contributed by atoms with Crippen molar-refractivity contribution < 1.29 is 9.53 Å². The van der Waals surface area contributed by atoms with Crippen LogP contribution in [0.3, 0.4) is 0 Å². The van der Waals surface area contributed by atoms with Gasteiger partial charge in [0.2, 0.25) is 0 Å². The first-order valence-electron chi connectivity index (χ1n) is 9.89. The summed E-state index contributed by atoms with van der Waals surface area (Å²) in [4.78, 5) is 27.7. The monoisotopic (exact) mass is 422 g/mol. The van der Waals surface area contributed by atoms with Gasteiger partial charge < -0.3 is 9.64 Å². The van der Waals surface area contributed by atoms with E-state index in [0.29, 0.717) is 25.4 Å². The van der Waals surface area contributed by atoms with Crippen LogP contribution in [0, 0.1) is 13.8 Å². The molecule has 1 aliphatic rings. The van der Waals surface area contributed by atoms with Crippen molar-refractivity contribution in [3.63, 3.8) is 0 Å². The number of rotatable bonds is 4. The van der Waals surface area contributed by atoms with Gasteiger partial charge in [0.25, 0.3) is 5.91 Å². The third-order valence-electron chi connectivity index (χ3n) is 5.01. The van der Waals surface area contributed by atoms with Crippen LogP contribution in [0.1, 0.15) is 44.8 Å². The fourth-order valence-electron chi connectivity index (χ4n) is 3.60. The molecule has 0 N–H and O–H groups in total. The van der Waals surface area contributed by atoms with Crippen LogP contribution in [0.5, 0.6) is 0 Å². The van der Waals surface area contributed by atoms with E-state index in [1.807, 2.05) is 32.0 Å². The molecule has 0 aliphatic carbocycles. The lowest BCUT2D eigenvalue weighted by atomic mass is 10.0. The van der Waals surface area contributed by atoms with Crippen molar-refractivity contribution in [2.24, 2.45) is 0 Å². The zero-order valence-electron chi connectivity index (χ0n) is 17.0. The Morgan fingerprint density at radius 2 is 2.00 bits per heavy atom. The molecule has 1 aromatic carbocycles. The number of carbonyl (C=O) groups is 1. The number of carbonyl (C=O) groups excluding carboxylic acids is 1. The van der Waals surface area contributed by atoms with Gasteiger partial charge in [-0.2, -0.15) is 0 Å². The van der Waals surface area contributed by atoms with Gasteiger partial charge in [-0.1, -0.05) is 23.7 Å². The number of halogens is 1. The van der Waals surface area contributed by atoms with Gasteiger partial charge in [0.1, 0.15) is 11.8 Å². The first kappa shape index (κ1) is 20.4. The highest BCUT2D eigenvalue weighted by Crippen LogP contribution is 2.24. The van der Waals surface area contributed by atoms with Gasteiger partial charge in [0.15, 0.2) is 0 Å². The first-order valence-corrected chi connectivity index (χ1v) is 10.3. The molecule has 1 saturated heterocycles. The predicted octanol–water partition coefficient (Wildman–Crippen LogP) is 3.95. The van der Waals surface area contributed by atoms with Crippen molar-refractivity contribution in [2.45, 2.75) is 26.4 Å². The second kappa shape index (κ2) is 8.90. The van der Waals surface area contributed by atoms with Crippen molar-refractivity contribution in [3.8, 4) is 0 Å². The van der Waals surface area contributed by atoms with Gasteiger partial charge in [-0.05, 0) is 55.7 Å². The molecule has 0 bridgehead atoms. The molecule has 0 saturated carbocycles. The zero-order valence-corrected chi connectivity index (χ0v) is 17.8. The van der Waals surface area contributed by atoms with Crippen molar-refractivity contribution in [1.29, 1.82) is 0 Å². The molecule has 1 amide bonds. The smallest absolute Gasteiger partial charge is 0.274 e. The van der Waals surface area contributed by atoms with Crippen LogP contribution in [0.4, 0.5) is 0 Å². The number of nitrogens with zero attached hydrogens (tertiary/aromatic N) is 4. The first-order chi connectivity index (χ1) is 14.5. The summed E-state index contributed by atoms with van der Waals surface area (Å²) in [6.07, 6.45) is 3.61. The quantitative estimate of drug-likeness (QED) is 0.636. The maximum Gasteiger partial charge on any atom is 0.274 e. The van der Waals surface area contributed by atoms with Crippen LogP contribution < -0.4 is 0 Å². The maximum atomic E-state index is 12.8. The Hall–Kier alpha value is -2.83. The zero-order chi connectivity index (χ0) is 21.1. The molecule has 2 aromatic heterocycles. The lowest BCUT2D eigenvalue weighted by Gasteiger charge is -2.32. The molecule has 0 radical (unpaired) electrons. The van der Waals surface area contributed by atoms with Gasteiger partial charge in [-0.3, -0.25) is 14.8 Å². The van der Waals surface area contributed by atoms with E-state index in [-0.39, 0.29) is 12.0 Å². The predicted molar refractivity (Wildman–Crippen MR) is 115 cm³/mol. The van der Waals surface area contributed by atoms with Crippen LogP contribution in [0.15, 0.2) is 48.8 Å². The molecule has 3 aromatic rings. The number of pyridine rings is 1. The lowest BCUT2D eigenvalue weighted by molar-refractivity contribution is -0.0250. The number of aryl methyl sites for hydroxylation is 2. The molecule has 1 aliphatic heterocycles. The Labute approximate surface area is 180 Å². The summed E-state index contributed by atoms with van der Waals surface area (Å²) in [5.74, 6) is -0.136. The van der Waals surface area contributed by atoms with E-state index in [1.165, 1.54) is 6.20 Å². The maximum absolute atomic E-state index is 12.8. The SMILES string of the molecule is Cc1cnc(C(=O)N2CCOC(c3cc(Cc4cccc(Cl)c4)cc(C)n3)C2)cn1. The molecule has 7 heteroatoms. The minimum absolute atomic E-state index is 0.136. The van der Waals surface area contributed by atoms with Crippen LogP contribution in [-0.4, -0.2) is 45.5 Å². The van der Waals surface area contributed by atoms with E-state index in [4.69, 9.17) is 16.3 Å². The van der Waals surface area contributed by atoms with E-state index < -0.39 is 0 Å². The number of aromatic nitrogens is 3. The normalized spacial score (nSPS) is 16.5. The third-order valence-corrected chi connectivity index (χ3v) is 5.25. The third kappa shape index (κ3) is 4.83. The van der Waals surface area contributed by atoms with E-state index in [0.717, 1.165) is 39.7 Å². The fourth-order valence-corrected chi connectivity index (χ4v) is 3.81. The fraction of sp³-hybridized carbons (Fsp3) is 0.304. The summed E-state index contributed by atoms with van der Waals surface area (Å²) in [5.41, 5.74) is 5.15. The van der Waals surface area contributed by atoms with Gasteiger partial charge in [-0.15, -0.1) is 0 Å². The largest absolute Gasteiger partial charge is 0.368 e. The van der Waals surface area contributed by atoms with Gasteiger partial charge in [0.05, 0.1) is 30.7 Å². The molecule has 1 unspecified atom stereocenters. The van der Waals surface area contributed by atoms with Crippen LogP contribution >= 0.6 is 11.6 Å². The van der Waals surface area contributed by atoms with Crippen LogP contribution in [0.2, 0.25) is 5.02 Å². The van der Waals surface area contributed by atoms with Crippen molar-refractivity contribution in [1.82, 2.24) is 19.9 Å². The number of ether oxygens (including phenoxy) is 1. The van der Waals surface area contributed by atoms with Crippen LogP contribution in [-0.2, 0) is 11.2 Å². The number of morpholine rings is 1. The van der Waals surface area contributed by atoms with E-state index in [9.17, 15) is 4.79 Å². The summed E-state index contributed by atoms with van der Waals surface area (Å²) in [7, 11) is 0. The number of amides is 1. The minimum Gasteiger partial charge on any atom is -0.368 e. The molecule has 6 nitrogen and oxygen atoms in total. The standard InChI is InChI=1S/C23H23ClN4O2/c1-15-8-18(9-17-4-3-5-19(24)10-17)11-20(27-15)22-14-28(6-7-30-22)23(29)21-13-25-16(2)12-26-21/h3-5,8,10-13,22H,6-7,9,14H2,1-2H3. The van der Waals surface area contributed by atoms with Crippen molar-refractivity contribution in [3.05, 3.63) is 87.7 Å². The van der Waals surface area contributed by atoms with Crippen molar-refractivity contribution >= 4 is 17.5 Å². The topological polar surface area (TPSA) is 68.2 Å². The summed E-state index contributed by atoms with van der Waals surface area (Å²) in [6, 6.07) is 12.0. The van der Waals surface area contributed by atoms with E-state index >= 15 is 0 Å². The van der Waals surface area contributed by atoms with Gasteiger partial charge in [0, 0.05) is 23.5 Å². The number of hydrogen-bond donors (Lipinski definition) is 0. The van der Waals surface area contributed by atoms with Gasteiger partial charge >= 0.3 is 0 Å². The Morgan fingerprint density at radius 3 is 2.77 bits per heavy atom. The average Bonchev–Trinajstić information content (AvgIpc) is 2.73. The minimum atomic E-state index is -0.279. The second-order valence-corrected chi connectivity index (χ2v) is 7.94. The van der Waals surface area contributed by atoms with Gasteiger partial charge in [-0.25, -0.2) is 4.98 Å². The van der Waals surface area contributed by atoms with Crippen molar-refractivity contribution in [2.75, 3.05) is 19.7 Å². The highest BCUT2D eigenvalue weighted by Gasteiger charge is 2.28. The molecule has 4 rings (SSSR count). The highest BCUT2D eigenvalue weighted by molar-refractivity contribution is 6.30. The summed E-state index contributed by atoms with van der Waals surface area (Å²) in [6.45, 7) is 5.22. The average molecular weight is 423 g/mol. The van der Waals surface area contributed by atoms with E-state index in [2.05, 4.69) is 33.2 Å². The Bertz CT molecular complexity index is 1060. The molecule has 1 fully saturated rings. The Morgan fingerprint density at radius 1 is 1.13 bits per heavy atom. The number of hydrogen-bond acceptors (Lipinski definition) is 5. The molecule has 0 spiro atoms. The van der Waals surface area contributed by atoms with Crippen LogP contribution in [0.25, 0.3) is 0 Å². The molecule has 1 atom stereocenters. The summed E-state index contributed by atoms with van der Waals surface area (Å²) < 4.78 is 5.97. The van der Waals surface area contributed by atoms with E-state index in [1.54, 1.807) is 11.1 Å². The molecule has 154 valence electrons. The molecule has 30 heavy (non-hydrogen) atoms. The molecular weight excluding hydrogens is 400 g/mol. The summed E-state index contributed by atoms with van der Waals surface area (Å²) >= 11 is 6.12. The number of benzene rings is 1. The molecule has 3 heterocycles. The lowest BCUT2D eigenvalue weighted by Crippen LogP contribution is -2.42. The molecular formula is C23H23ClN4O2. The Balaban J connectivity index is 1.52. The second-order valence-electron chi connectivity index (χ2n) is 7.50. The highest BCUT2D eigenvalue weighted by atomic mass is 35.5. The Kier molecular flexibility index (Phi) is 6.06. The summed E-state index contributed by atoms with van der Waals surface area (Å²) in [5, 5.41) is 0.725.